The van der Waals surface area contributed by atoms with E-state index in [1.165, 1.54) is 0 Å². The van der Waals surface area contributed by atoms with Crippen LogP contribution in [0, 0.1) is 6.92 Å². The van der Waals surface area contributed by atoms with Crippen LogP contribution in [0.4, 0.5) is 22.0 Å². The molecule has 0 atom stereocenters. The number of amides is 3. The molecule has 0 unspecified atom stereocenters. The van der Waals surface area contributed by atoms with E-state index in [0.717, 1.165) is 38.0 Å². The molecule has 0 saturated heterocycles. The van der Waals surface area contributed by atoms with Gasteiger partial charge in [0, 0.05) is 46.7 Å². The van der Waals surface area contributed by atoms with Crippen LogP contribution in [0.3, 0.4) is 0 Å². The summed E-state index contributed by atoms with van der Waals surface area (Å²) in [5, 5.41) is 11.3. The van der Waals surface area contributed by atoms with Crippen LogP contribution < -0.4 is 21.7 Å². The average Bonchev–Trinajstić information content (AvgIpc) is 3.25. The van der Waals surface area contributed by atoms with Gasteiger partial charge in [-0.3, -0.25) is 4.79 Å². The average molecular weight is 460 g/mol. The molecule has 5 N–H and O–H groups in total. The number of nitrogen functional groups attached to an aromatic ring is 1. The summed E-state index contributed by atoms with van der Waals surface area (Å²) in [6.45, 7) is 1.98. The van der Waals surface area contributed by atoms with Gasteiger partial charge >= 0.3 is 6.03 Å². The lowest BCUT2D eigenvalue weighted by Crippen LogP contribution is -2.19. The molecule has 4 aromatic rings. The van der Waals surface area contributed by atoms with Crippen LogP contribution >= 0.6 is 11.3 Å². The molecule has 4 rings (SSSR count). The standard InChI is InChI=1S/C25H25N5O2S/c1-15-4-3-5-19(12-15)30-25(32)29-18-9-6-16(7-10-18)20-14-33-23-17(8-11-21(31)27-2)13-28-24(26)22(20)23/h3-7,9-10,12-14H,8,11H2,1-2H3,(H2,26,28)(H,27,31)(H2,29,30,32). The van der Waals surface area contributed by atoms with Crippen LogP contribution in [-0.4, -0.2) is 24.0 Å². The number of anilines is 3. The predicted octanol–water partition coefficient (Wildman–Crippen LogP) is 5.18. The summed E-state index contributed by atoms with van der Waals surface area (Å²) < 4.78 is 1.04. The number of hydrogen-bond donors (Lipinski definition) is 4. The van der Waals surface area contributed by atoms with Crippen molar-refractivity contribution in [3.8, 4) is 11.1 Å². The Morgan fingerprint density at radius 1 is 1.06 bits per heavy atom. The van der Waals surface area contributed by atoms with Gasteiger partial charge in [0.15, 0.2) is 0 Å². The molecule has 2 heterocycles. The highest BCUT2D eigenvalue weighted by Gasteiger charge is 2.15. The maximum atomic E-state index is 12.3. The molecule has 0 aliphatic carbocycles. The second-order valence-electron chi connectivity index (χ2n) is 7.72. The minimum atomic E-state index is -0.302. The number of aryl methyl sites for hydroxylation is 2. The number of pyridine rings is 1. The maximum absolute atomic E-state index is 12.3. The number of carbonyl (C=O) groups is 2. The number of hydrogen-bond acceptors (Lipinski definition) is 5. The molecule has 0 spiro atoms. The van der Waals surface area contributed by atoms with E-state index in [9.17, 15) is 9.59 Å². The third kappa shape index (κ3) is 5.12. The van der Waals surface area contributed by atoms with Crippen LogP contribution in [0.25, 0.3) is 21.2 Å². The number of aromatic nitrogens is 1. The number of fused-ring (bicyclic) bond motifs is 1. The molecule has 2 aromatic carbocycles. The zero-order chi connectivity index (χ0) is 23.4. The minimum Gasteiger partial charge on any atom is -0.383 e. The van der Waals surface area contributed by atoms with E-state index < -0.39 is 0 Å². The Morgan fingerprint density at radius 3 is 2.55 bits per heavy atom. The number of urea groups is 1. The number of thiophene rings is 1. The molecule has 2 aromatic heterocycles. The zero-order valence-corrected chi connectivity index (χ0v) is 19.3. The van der Waals surface area contributed by atoms with E-state index in [-0.39, 0.29) is 11.9 Å². The Morgan fingerprint density at radius 2 is 1.82 bits per heavy atom. The molecule has 0 saturated carbocycles. The Balaban J connectivity index is 1.52. The van der Waals surface area contributed by atoms with Crippen molar-refractivity contribution in [1.82, 2.24) is 10.3 Å². The number of carbonyl (C=O) groups excluding carboxylic acids is 2. The van der Waals surface area contributed by atoms with Gasteiger partial charge in [-0.05, 0) is 59.7 Å². The number of benzene rings is 2. The van der Waals surface area contributed by atoms with Gasteiger partial charge < -0.3 is 21.7 Å². The van der Waals surface area contributed by atoms with Crippen molar-refractivity contribution in [3.63, 3.8) is 0 Å². The summed E-state index contributed by atoms with van der Waals surface area (Å²) in [5.74, 6) is 0.455. The molecule has 8 heteroatoms. The summed E-state index contributed by atoms with van der Waals surface area (Å²) in [4.78, 5) is 28.3. The molecule has 0 radical (unpaired) electrons. The zero-order valence-electron chi connectivity index (χ0n) is 18.4. The highest BCUT2D eigenvalue weighted by atomic mass is 32.1. The van der Waals surface area contributed by atoms with Crippen LogP contribution in [0.5, 0.6) is 0 Å². The fourth-order valence-corrected chi connectivity index (χ4v) is 4.76. The summed E-state index contributed by atoms with van der Waals surface area (Å²) >= 11 is 1.59. The lowest BCUT2D eigenvalue weighted by Gasteiger charge is -2.09. The second kappa shape index (κ2) is 9.70. The monoisotopic (exact) mass is 459 g/mol. The molecule has 168 valence electrons. The number of rotatable bonds is 6. The predicted molar refractivity (Wildman–Crippen MR) is 136 cm³/mol. The smallest absolute Gasteiger partial charge is 0.323 e. The van der Waals surface area contributed by atoms with Crippen LogP contribution in [0.2, 0.25) is 0 Å². The van der Waals surface area contributed by atoms with Crippen molar-refractivity contribution in [1.29, 1.82) is 0 Å². The third-order valence-electron chi connectivity index (χ3n) is 5.33. The lowest BCUT2D eigenvalue weighted by molar-refractivity contribution is -0.120. The van der Waals surface area contributed by atoms with Crippen molar-refractivity contribution < 1.29 is 9.59 Å². The van der Waals surface area contributed by atoms with Crippen molar-refractivity contribution in [3.05, 3.63) is 71.2 Å². The quantitative estimate of drug-likeness (QED) is 0.319. The van der Waals surface area contributed by atoms with E-state index in [1.807, 2.05) is 55.5 Å². The van der Waals surface area contributed by atoms with Crippen LogP contribution in [-0.2, 0) is 11.2 Å². The maximum Gasteiger partial charge on any atom is 0.323 e. The summed E-state index contributed by atoms with van der Waals surface area (Å²) in [6.07, 6.45) is 2.75. The molecule has 0 fully saturated rings. The molecular formula is C25H25N5O2S. The SMILES string of the molecule is CNC(=O)CCc1cnc(N)c2c(-c3ccc(NC(=O)Nc4cccc(C)c4)cc3)csc12. The van der Waals surface area contributed by atoms with Gasteiger partial charge in [-0.1, -0.05) is 24.3 Å². The summed E-state index contributed by atoms with van der Waals surface area (Å²) in [5.41, 5.74) is 11.7. The van der Waals surface area contributed by atoms with Gasteiger partial charge in [0.05, 0.1) is 0 Å². The first-order valence-corrected chi connectivity index (χ1v) is 11.4. The normalized spacial score (nSPS) is 10.7. The lowest BCUT2D eigenvalue weighted by atomic mass is 10.0. The third-order valence-corrected chi connectivity index (χ3v) is 6.38. The minimum absolute atomic E-state index is 0.00807. The summed E-state index contributed by atoms with van der Waals surface area (Å²) in [6, 6.07) is 14.9. The van der Waals surface area contributed by atoms with E-state index in [0.29, 0.717) is 24.3 Å². The number of nitrogens with one attached hydrogen (secondary N) is 3. The Bertz CT molecular complexity index is 1310. The van der Waals surface area contributed by atoms with Gasteiger partial charge in [-0.25, -0.2) is 9.78 Å². The van der Waals surface area contributed by atoms with Crippen molar-refractivity contribution >= 4 is 50.6 Å². The molecule has 0 aliphatic heterocycles. The topological polar surface area (TPSA) is 109 Å². The van der Waals surface area contributed by atoms with E-state index in [4.69, 9.17) is 5.73 Å². The highest BCUT2D eigenvalue weighted by molar-refractivity contribution is 7.18. The van der Waals surface area contributed by atoms with Crippen molar-refractivity contribution in [2.24, 2.45) is 0 Å². The first kappa shape index (κ1) is 22.3. The molecule has 3 amide bonds. The molecule has 7 nitrogen and oxygen atoms in total. The van der Waals surface area contributed by atoms with Gasteiger partial charge in [-0.15, -0.1) is 11.3 Å². The first-order chi connectivity index (χ1) is 15.9. The Kier molecular flexibility index (Phi) is 6.55. The van der Waals surface area contributed by atoms with Crippen LogP contribution in [0.1, 0.15) is 17.5 Å². The first-order valence-electron chi connectivity index (χ1n) is 10.5. The fraction of sp³-hybridized carbons (Fsp3) is 0.160. The van der Waals surface area contributed by atoms with Gasteiger partial charge in [0.2, 0.25) is 5.91 Å². The largest absolute Gasteiger partial charge is 0.383 e. The highest BCUT2D eigenvalue weighted by Crippen LogP contribution is 2.39. The Labute approximate surface area is 196 Å². The second-order valence-corrected chi connectivity index (χ2v) is 8.60. The van der Waals surface area contributed by atoms with Gasteiger partial charge in [-0.2, -0.15) is 0 Å². The molecular weight excluding hydrogens is 434 g/mol. The van der Waals surface area contributed by atoms with Gasteiger partial charge in [0.1, 0.15) is 5.82 Å². The fourth-order valence-electron chi connectivity index (χ4n) is 3.63. The number of nitrogens with zero attached hydrogens (tertiary/aromatic N) is 1. The van der Waals surface area contributed by atoms with Crippen LogP contribution in [0.15, 0.2) is 60.1 Å². The molecule has 0 bridgehead atoms. The Hall–Kier alpha value is -3.91. The molecule has 33 heavy (non-hydrogen) atoms. The van der Waals surface area contributed by atoms with Crippen molar-refractivity contribution in [2.75, 3.05) is 23.4 Å². The van der Waals surface area contributed by atoms with E-state index in [2.05, 4.69) is 26.3 Å². The number of nitrogens with two attached hydrogens (primary N) is 1. The summed E-state index contributed by atoms with van der Waals surface area (Å²) in [7, 11) is 1.63. The van der Waals surface area contributed by atoms with E-state index in [1.54, 1.807) is 24.6 Å². The molecule has 0 aliphatic rings. The van der Waals surface area contributed by atoms with E-state index >= 15 is 0 Å². The van der Waals surface area contributed by atoms with Crippen molar-refractivity contribution in [2.45, 2.75) is 19.8 Å². The van der Waals surface area contributed by atoms with Gasteiger partial charge in [0.25, 0.3) is 0 Å².